The van der Waals surface area contributed by atoms with Crippen LogP contribution in [0.2, 0.25) is 0 Å². The lowest BCUT2D eigenvalue weighted by molar-refractivity contribution is -0.147. The first-order valence-electron chi connectivity index (χ1n) is 11.3. The maximum Gasteiger partial charge on any atom is 0.305 e. The molecule has 1 atom stereocenters. The molecule has 0 aliphatic heterocycles. The summed E-state index contributed by atoms with van der Waals surface area (Å²) in [7, 11) is 0. The van der Waals surface area contributed by atoms with Crippen LogP contribution < -0.4 is 0 Å². The van der Waals surface area contributed by atoms with Crippen LogP contribution in [-0.4, -0.2) is 35.5 Å². The molecule has 0 fully saturated rings. The summed E-state index contributed by atoms with van der Waals surface area (Å²) in [6, 6.07) is 0. The van der Waals surface area contributed by atoms with Crippen molar-refractivity contribution >= 4 is 5.97 Å². The molecule has 27 heavy (non-hydrogen) atoms. The lowest BCUT2D eigenvalue weighted by atomic mass is 10.1. The van der Waals surface area contributed by atoms with E-state index in [1.165, 1.54) is 83.5 Å². The first-order valence-corrected chi connectivity index (χ1v) is 11.3. The van der Waals surface area contributed by atoms with Crippen molar-refractivity contribution in [3.63, 3.8) is 0 Å². The molecule has 0 radical (unpaired) electrons. The van der Waals surface area contributed by atoms with Crippen LogP contribution in [0.25, 0.3) is 0 Å². The lowest BCUT2D eigenvalue weighted by Gasteiger charge is -2.08. The van der Waals surface area contributed by atoms with Gasteiger partial charge in [0.05, 0.1) is 6.61 Å². The maximum atomic E-state index is 11.4. The van der Waals surface area contributed by atoms with Crippen LogP contribution in [0.1, 0.15) is 110 Å². The SMILES string of the molecule is CCCCCCCC/C=C/CCCCCCCCCC(=O)OCC(O)CO. The van der Waals surface area contributed by atoms with E-state index >= 15 is 0 Å². The topological polar surface area (TPSA) is 66.8 Å². The second kappa shape index (κ2) is 21.4. The second-order valence-electron chi connectivity index (χ2n) is 7.56. The average molecular weight is 385 g/mol. The van der Waals surface area contributed by atoms with Crippen LogP contribution in [0, 0.1) is 0 Å². The highest BCUT2D eigenvalue weighted by Gasteiger charge is 2.07. The molecule has 0 rings (SSSR count). The molecule has 0 saturated carbocycles. The number of carbonyl (C=O) groups is 1. The number of ether oxygens (including phenoxy) is 1. The Bertz CT molecular complexity index is 341. The molecule has 4 nitrogen and oxygen atoms in total. The van der Waals surface area contributed by atoms with Gasteiger partial charge in [0.1, 0.15) is 12.7 Å². The molecule has 0 amide bonds. The Morgan fingerprint density at radius 1 is 0.815 bits per heavy atom. The summed E-state index contributed by atoms with van der Waals surface area (Å²) in [5.74, 6) is -0.282. The van der Waals surface area contributed by atoms with Crippen molar-refractivity contribution in [2.24, 2.45) is 0 Å². The number of hydrogen-bond acceptors (Lipinski definition) is 4. The molecular formula is C23H44O4. The summed E-state index contributed by atoms with van der Waals surface area (Å²) < 4.78 is 4.87. The van der Waals surface area contributed by atoms with E-state index in [1.54, 1.807) is 0 Å². The summed E-state index contributed by atoms with van der Waals surface area (Å²) in [6.45, 7) is 1.78. The zero-order valence-corrected chi connectivity index (χ0v) is 17.7. The van der Waals surface area contributed by atoms with E-state index in [1.807, 2.05) is 0 Å². The van der Waals surface area contributed by atoms with Gasteiger partial charge in [-0.3, -0.25) is 4.79 Å². The summed E-state index contributed by atoms with van der Waals surface area (Å²) in [6.07, 6.45) is 23.0. The van der Waals surface area contributed by atoms with E-state index < -0.39 is 6.10 Å². The van der Waals surface area contributed by atoms with Crippen molar-refractivity contribution in [1.82, 2.24) is 0 Å². The van der Waals surface area contributed by atoms with Crippen molar-refractivity contribution in [3.05, 3.63) is 12.2 Å². The first kappa shape index (κ1) is 26.1. The van der Waals surface area contributed by atoms with Gasteiger partial charge >= 0.3 is 5.97 Å². The molecular weight excluding hydrogens is 340 g/mol. The minimum absolute atomic E-state index is 0.108. The van der Waals surface area contributed by atoms with Gasteiger partial charge in [0, 0.05) is 6.42 Å². The van der Waals surface area contributed by atoms with Gasteiger partial charge in [-0.1, -0.05) is 83.3 Å². The Hall–Kier alpha value is -0.870. The Kier molecular flexibility index (Phi) is 20.7. The molecule has 0 saturated heterocycles. The van der Waals surface area contributed by atoms with Crippen LogP contribution in [-0.2, 0) is 9.53 Å². The van der Waals surface area contributed by atoms with Gasteiger partial charge in [0.25, 0.3) is 0 Å². The van der Waals surface area contributed by atoms with Crippen molar-refractivity contribution in [3.8, 4) is 0 Å². The zero-order chi connectivity index (χ0) is 20.0. The molecule has 0 heterocycles. The van der Waals surface area contributed by atoms with Crippen LogP contribution in [0.3, 0.4) is 0 Å². The number of rotatable bonds is 20. The third kappa shape index (κ3) is 21.3. The highest BCUT2D eigenvalue weighted by atomic mass is 16.5. The zero-order valence-electron chi connectivity index (χ0n) is 17.7. The van der Waals surface area contributed by atoms with Crippen molar-refractivity contribution in [1.29, 1.82) is 0 Å². The standard InChI is InChI=1S/C23H44O4/c1-2-3-4-5-6-7-8-9-10-11-12-13-14-15-16-17-18-19-23(26)27-21-22(25)20-24/h9-10,22,24-25H,2-8,11-21H2,1H3/b10-9+. The largest absolute Gasteiger partial charge is 0.463 e. The molecule has 0 aliphatic carbocycles. The number of hydrogen-bond donors (Lipinski definition) is 2. The molecule has 0 aromatic rings. The average Bonchev–Trinajstić information content (AvgIpc) is 2.68. The fourth-order valence-corrected chi connectivity index (χ4v) is 3.01. The fourth-order valence-electron chi connectivity index (χ4n) is 3.01. The van der Waals surface area contributed by atoms with E-state index in [0.717, 1.165) is 12.8 Å². The van der Waals surface area contributed by atoms with E-state index in [0.29, 0.717) is 6.42 Å². The normalized spacial score (nSPS) is 12.6. The Morgan fingerprint density at radius 3 is 1.81 bits per heavy atom. The van der Waals surface area contributed by atoms with Crippen molar-refractivity contribution in [2.75, 3.05) is 13.2 Å². The van der Waals surface area contributed by atoms with Gasteiger partial charge < -0.3 is 14.9 Å². The highest BCUT2D eigenvalue weighted by molar-refractivity contribution is 5.69. The van der Waals surface area contributed by atoms with Crippen molar-refractivity contribution < 1.29 is 19.7 Å². The fraction of sp³-hybridized carbons (Fsp3) is 0.870. The Balaban J connectivity index is 3.20. The molecule has 0 aromatic carbocycles. The molecule has 0 aliphatic rings. The van der Waals surface area contributed by atoms with Crippen LogP contribution >= 0.6 is 0 Å². The summed E-state index contributed by atoms with van der Waals surface area (Å²) >= 11 is 0. The predicted molar refractivity (Wildman–Crippen MR) is 113 cm³/mol. The van der Waals surface area contributed by atoms with Gasteiger partial charge in [0.15, 0.2) is 0 Å². The number of aliphatic hydroxyl groups excluding tert-OH is 2. The smallest absolute Gasteiger partial charge is 0.305 e. The highest BCUT2D eigenvalue weighted by Crippen LogP contribution is 2.11. The molecule has 0 bridgehead atoms. The third-order valence-corrected chi connectivity index (χ3v) is 4.79. The molecule has 0 aromatic heterocycles. The molecule has 2 N–H and O–H groups in total. The Labute approximate surface area is 167 Å². The quantitative estimate of drug-likeness (QED) is 0.160. The maximum absolute atomic E-state index is 11.4. The second-order valence-corrected chi connectivity index (χ2v) is 7.56. The van der Waals surface area contributed by atoms with Gasteiger partial charge in [-0.05, 0) is 32.1 Å². The van der Waals surface area contributed by atoms with Gasteiger partial charge in [0.2, 0.25) is 0 Å². The first-order chi connectivity index (χ1) is 13.2. The van der Waals surface area contributed by atoms with E-state index in [-0.39, 0.29) is 19.2 Å². The number of unbranched alkanes of at least 4 members (excludes halogenated alkanes) is 13. The van der Waals surface area contributed by atoms with Crippen LogP contribution in [0.15, 0.2) is 12.2 Å². The van der Waals surface area contributed by atoms with E-state index in [9.17, 15) is 4.79 Å². The number of allylic oxidation sites excluding steroid dienone is 2. The molecule has 1 unspecified atom stereocenters. The van der Waals surface area contributed by atoms with Crippen molar-refractivity contribution in [2.45, 2.75) is 116 Å². The number of carbonyl (C=O) groups excluding carboxylic acids is 1. The summed E-state index contributed by atoms with van der Waals surface area (Å²) in [5.41, 5.74) is 0. The minimum atomic E-state index is -0.959. The van der Waals surface area contributed by atoms with Crippen LogP contribution in [0.5, 0.6) is 0 Å². The summed E-state index contributed by atoms with van der Waals surface area (Å²) in [4.78, 5) is 11.4. The minimum Gasteiger partial charge on any atom is -0.463 e. The molecule has 4 heteroatoms. The predicted octanol–water partition coefficient (Wildman–Crippen LogP) is 5.70. The number of aliphatic hydroxyl groups is 2. The lowest BCUT2D eigenvalue weighted by Crippen LogP contribution is -2.21. The van der Waals surface area contributed by atoms with E-state index in [2.05, 4.69) is 19.1 Å². The van der Waals surface area contributed by atoms with E-state index in [4.69, 9.17) is 14.9 Å². The van der Waals surface area contributed by atoms with Crippen LogP contribution in [0.4, 0.5) is 0 Å². The summed E-state index contributed by atoms with van der Waals surface area (Å²) in [5, 5.41) is 17.7. The van der Waals surface area contributed by atoms with Gasteiger partial charge in [-0.2, -0.15) is 0 Å². The Morgan fingerprint density at radius 2 is 1.30 bits per heavy atom. The number of esters is 1. The molecule has 160 valence electrons. The third-order valence-electron chi connectivity index (χ3n) is 4.79. The van der Waals surface area contributed by atoms with Gasteiger partial charge in [-0.25, -0.2) is 0 Å². The monoisotopic (exact) mass is 384 g/mol. The molecule has 0 spiro atoms. The van der Waals surface area contributed by atoms with Gasteiger partial charge in [-0.15, -0.1) is 0 Å².